The third-order valence-corrected chi connectivity index (χ3v) is 1.97. The van der Waals surface area contributed by atoms with Crippen LogP contribution in [0.1, 0.15) is 41.0 Å². The van der Waals surface area contributed by atoms with E-state index in [2.05, 4.69) is 0 Å². The first-order valence-electron chi connectivity index (χ1n) is 6.38. The third kappa shape index (κ3) is 8.98. The van der Waals surface area contributed by atoms with E-state index in [4.69, 9.17) is 9.47 Å². The minimum atomic E-state index is -0.501. The minimum absolute atomic E-state index is 0.115. The highest BCUT2D eigenvalue weighted by Gasteiger charge is 2.20. The largest absolute Gasteiger partial charge is 0.465 e. The minimum Gasteiger partial charge on any atom is -0.465 e. The van der Waals surface area contributed by atoms with E-state index in [1.807, 2.05) is 27.7 Å². The van der Waals surface area contributed by atoms with Crippen molar-refractivity contribution < 1.29 is 19.1 Å². The lowest BCUT2D eigenvalue weighted by Crippen LogP contribution is -2.38. The normalized spacial score (nSPS) is 11.4. The van der Waals surface area contributed by atoms with Gasteiger partial charge in [0.25, 0.3) is 0 Å². The summed E-state index contributed by atoms with van der Waals surface area (Å²) in [5.74, 6) is -0.630. The average Bonchev–Trinajstić information content (AvgIpc) is 2.14. The van der Waals surface area contributed by atoms with Gasteiger partial charge in [-0.05, 0) is 40.7 Å². The van der Waals surface area contributed by atoms with Crippen molar-refractivity contribution >= 4 is 11.9 Å². The number of esters is 2. The number of hydrogen-bond acceptors (Lipinski definition) is 5. The first-order valence-corrected chi connectivity index (χ1v) is 6.38. The summed E-state index contributed by atoms with van der Waals surface area (Å²) >= 11 is 0. The molecular formula is C13H25NO4. The fraction of sp³-hybridized carbons (Fsp3) is 0.846. The van der Waals surface area contributed by atoms with E-state index in [0.29, 0.717) is 13.2 Å². The highest BCUT2D eigenvalue weighted by Crippen LogP contribution is 2.07. The second-order valence-electron chi connectivity index (χ2n) is 5.10. The Morgan fingerprint density at radius 2 is 1.61 bits per heavy atom. The van der Waals surface area contributed by atoms with Gasteiger partial charge in [-0.2, -0.15) is 0 Å². The van der Waals surface area contributed by atoms with E-state index in [9.17, 15) is 9.59 Å². The summed E-state index contributed by atoms with van der Waals surface area (Å²) in [6.07, 6.45) is 0.863. The SMILES string of the molecule is CCCN(CC(=O)OCC)CC(=O)OC(C)(C)C. The molecule has 0 atom stereocenters. The first kappa shape index (κ1) is 16.9. The lowest BCUT2D eigenvalue weighted by molar-refractivity contribution is -0.157. The molecule has 0 aliphatic carbocycles. The van der Waals surface area contributed by atoms with Gasteiger partial charge < -0.3 is 9.47 Å². The molecule has 0 aliphatic heterocycles. The molecule has 0 unspecified atom stereocenters. The van der Waals surface area contributed by atoms with Gasteiger partial charge in [0.2, 0.25) is 0 Å². The van der Waals surface area contributed by atoms with E-state index in [1.165, 1.54) is 0 Å². The predicted octanol–water partition coefficient (Wildman–Crippen LogP) is 1.60. The van der Waals surface area contributed by atoms with Crippen LogP contribution in [0.15, 0.2) is 0 Å². The summed E-state index contributed by atoms with van der Waals surface area (Å²) in [7, 11) is 0. The molecule has 0 fully saturated rings. The van der Waals surface area contributed by atoms with Crippen LogP contribution in [0.3, 0.4) is 0 Å². The van der Waals surface area contributed by atoms with E-state index in [0.717, 1.165) is 6.42 Å². The lowest BCUT2D eigenvalue weighted by Gasteiger charge is -2.24. The summed E-state index contributed by atoms with van der Waals surface area (Å²) < 4.78 is 10.1. The molecule has 0 aromatic rings. The zero-order chi connectivity index (χ0) is 14.2. The maximum atomic E-state index is 11.7. The number of rotatable bonds is 7. The standard InChI is InChI=1S/C13H25NO4/c1-6-8-14(9-11(15)17-7-2)10-12(16)18-13(3,4)5/h6-10H2,1-5H3. The Kier molecular flexibility index (Phi) is 7.59. The Morgan fingerprint density at radius 1 is 1.06 bits per heavy atom. The van der Waals surface area contributed by atoms with Crippen molar-refractivity contribution in [2.75, 3.05) is 26.2 Å². The van der Waals surface area contributed by atoms with Crippen LogP contribution in [0.5, 0.6) is 0 Å². The average molecular weight is 259 g/mol. The number of hydrogen-bond donors (Lipinski definition) is 0. The molecule has 5 nitrogen and oxygen atoms in total. The lowest BCUT2D eigenvalue weighted by atomic mass is 10.2. The zero-order valence-corrected chi connectivity index (χ0v) is 12.1. The van der Waals surface area contributed by atoms with Crippen LogP contribution in [-0.2, 0) is 19.1 Å². The van der Waals surface area contributed by atoms with E-state index < -0.39 is 5.60 Å². The molecule has 0 spiro atoms. The Morgan fingerprint density at radius 3 is 2.06 bits per heavy atom. The summed E-state index contributed by atoms with van der Waals surface area (Å²) in [6.45, 7) is 10.5. The topological polar surface area (TPSA) is 55.8 Å². The van der Waals surface area contributed by atoms with Gasteiger partial charge in [0.15, 0.2) is 0 Å². The van der Waals surface area contributed by atoms with Gasteiger partial charge in [0.05, 0.1) is 19.7 Å². The fourth-order valence-electron chi connectivity index (χ4n) is 1.48. The summed E-state index contributed by atoms with van der Waals surface area (Å²) in [5, 5.41) is 0. The van der Waals surface area contributed by atoms with Crippen molar-refractivity contribution in [1.29, 1.82) is 0 Å². The third-order valence-electron chi connectivity index (χ3n) is 1.97. The van der Waals surface area contributed by atoms with Crippen LogP contribution in [0.4, 0.5) is 0 Å². The monoisotopic (exact) mass is 259 g/mol. The van der Waals surface area contributed by atoms with Gasteiger partial charge in [0, 0.05) is 0 Å². The zero-order valence-electron chi connectivity index (χ0n) is 12.1. The first-order chi connectivity index (χ1) is 8.28. The van der Waals surface area contributed by atoms with Crippen LogP contribution in [0, 0.1) is 0 Å². The van der Waals surface area contributed by atoms with Crippen molar-refractivity contribution in [2.24, 2.45) is 0 Å². The highest BCUT2D eigenvalue weighted by molar-refractivity contribution is 5.75. The van der Waals surface area contributed by atoms with Crippen LogP contribution in [-0.4, -0.2) is 48.7 Å². The summed E-state index contributed by atoms with van der Waals surface area (Å²) in [4.78, 5) is 24.8. The van der Waals surface area contributed by atoms with Crippen molar-refractivity contribution in [3.63, 3.8) is 0 Å². The van der Waals surface area contributed by atoms with Gasteiger partial charge in [-0.1, -0.05) is 6.92 Å². The molecule has 0 bridgehead atoms. The van der Waals surface area contributed by atoms with Crippen LogP contribution < -0.4 is 0 Å². The van der Waals surface area contributed by atoms with Gasteiger partial charge in [-0.15, -0.1) is 0 Å². The summed E-state index contributed by atoms with van der Waals surface area (Å²) in [5.41, 5.74) is -0.501. The number of carbonyl (C=O) groups is 2. The van der Waals surface area contributed by atoms with Crippen molar-refractivity contribution in [1.82, 2.24) is 4.90 Å². The van der Waals surface area contributed by atoms with Crippen molar-refractivity contribution in [3.8, 4) is 0 Å². The molecule has 0 saturated heterocycles. The van der Waals surface area contributed by atoms with Gasteiger partial charge in [-0.3, -0.25) is 14.5 Å². The Labute approximate surface area is 109 Å². The van der Waals surface area contributed by atoms with Crippen molar-refractivity contribution in [2.45, 2.75) is 46.6 Å². The Balaban J connectivity index is 4.26. The molecule has 0 N–H and O–H groups in total. The van der Waals surface area contributed by atoms with Crippen LogP contribution >= 0.6 is 0 Å². The smallest absolute Gasteiger partial charge is 0.320 e. The molecule has 18 heavy (non-hydrogen) atoms. The quantitative estimate of drug-likeness (QED) is 0.650. The second kappa shape index (κ2) is 8.08. The molecule has 5 heteroatoms. The Hall–Kier alpha value is -1.10. The maximum absolute atomic E-state index is 11.7. The van der Waals surface area contributed by atoms with E-state index >= 15 is 0 Å². The fourth-order valence-corrected chi connectivity index (χ4v) is 1.48. The number of carbonyl (C=O) groups excluding carboxylic acids is 2. The molecule has 0 rings (SSSR count). The van der Waals surface area contributed by atoms with Gasteiger partial charge in [-0.25, -0.2) is 0 Å². The molecule has 106 valence electrons. The molecule has 0 saturated carbocycles. The summed E-state index contributed by atoms with van der Waals surface area (Å²) in [6, 6.07) is 0. The molecule has 0 radical (unpaired) electrons. The molecule has 0 aliphatic rings. The van der Waals surface area contributed by atoms with Crippen molar-refractivity contribution in [3.05, 3.63) is 0 Å². The molecule has 0 amide bonds. The molecule has 0 heterocycles. The van der Waals surface area contributed by atoms with Crippen LogP contribution in [0.2, 0.25) is 0 Å². The maximum Gasteiger partial charge on any atom is 0.320 e. The Bertz CT molecular complexity index is 271. The van der Waals surface area contributed by atoms with E-state index in [-0.39, 0.29) is 25.0 Å². The highest BCUT2D eigenvalue weighted by atomic mass is 16.6. The van der Waals surface area contributed by atoms with E-state index in [1.54, 1.807) is 11.8 Å². The number of ether oxygens (including phenoxy) is 2. The second-order valence-corrected chi connectivity index (χ2v) is 5.10. The molecule has 0 aromatic carbocycles. The van der Waals surface area contributed by atoms with Gasteiger partial charge >= 0.3 is 11.9 Å². The molecule has 0 aromatic heterocycles. The molecular weight excluding hydrogens is 234 g/mol. The predicted molar refractivity (Wildman–Crippen MR) is 69.2 cm³/mol. The van der Waals surface area contributed by atoms with Crippen LogP contribution in [0.25, 0.3) is 0 Å². The van der Waals surface area contributed by atoms with Gasteiger partial charge in [0.1, 0.15) is 5.60 Å². The number of nitrogens with zero attached hydrogens (tertiary/aromatic N) is 1.